The molecule has 19 heavy (non-hydrogen) atoms. The Hall–Kier alpha value is -0.870. The molecule has 0 heterocycles. The topological polar surface area (TPSA) is 55.1 Å². The largest absolute Gasteiger partial charge is 0.398 e. The van der Waals surface area contributed by atoms with Crippen LogP contribution < -0.4 is 11.1 Å². The van der Waals surface area contributed by atoms with Gasteiger partial charge >= 0.3 is 0 Å². The lowest BCUT2D eigenvalue weighted by Gasteiger charge is -2.27. The number of nitrogens with two attached hydrogens (primary N) is 1. The summed E-state index contributed by atoms with van der Waals surface area (Å²) in [6.45, 7) is 0.703. The Balaban J connectivity index is 2.01. The van der Waals surface area contributed by atoms with Crippen LogP contribution in [0.15, 0.2) is 18.2 Å². The van der Waals surface area contributed by atoms with E-state index in [1.165, 1.54) is 25.7 Å². The van der Waals surface area contributed by atoms with Crippen molar-refractivity contribution < 1.29 is 4.79 Å². The lowest BCUT2D eigenvalue weighted by Crippen LogP contribution is -2.38. The smallest absolute Gasteiger partial charge is 0.253 e. The van der Waals surface area contributed by atoms with E-state index in [1.807, 2.05) is 11.8 Å². The summed E-state index contributed by atoms with van der Waals surface area (Å²) < 4.78 is 0.205. The highest BCUT2D eigenvalue weighted by atomic mass is 35.5. The molecule has 5 heteroatoms. The van der Waals surface area contributed by atoms with Gasteiger partial charge in [-0.15, -0.1) is 0 Å². The molecule has 3 nitrogen and oxygen atoms in total. The first-order valence-corrected chi connectivity index (χ1v) is 8.05. The molecule has 0 bridgehead atoms. The monoisotopic (exact) mass is 298 g/mol. The van der Waals surface area contributed by atoms with Crippen molar-refractivity contribution >= 4 is 35.0 Å². The summed E-state index contributed by atoms with van der Waals surface area (Å²) in [5.74, 6) is -0.116. The molecule has 0 unspecified atom stereocenters. The number of benzene rings is 1. The van der Waals surface area contributed by atoms with Crippen LogP contribution in [0.4, 0.5) is 5.69 Å². The second-order valence-corrected chi connectivity index (χ2v) is 6.72. The zero-order chi connectivity index (χ0) is 13.9. The van der Waals surface area contributed by atoms with E-state index >= 15 is 0 Å². The average Bonchev–Trinajstić information content (AvgIpc) is 2.85. The van der Waals surface area contributed by atoms with Gasteiger partial charge in [-0.2, -0.15) is 11.8 Å². The molecule has 0 aliphatic heterocycles. The zero-order valence-corrected chi connectivity index (χ0v) is 12.6. The van der Waals surface area contributed by atoms with Crippen LogP contribution in [-0.4, -0.2) is 23.5 Å². The average molecular weight is 299 g/mol. The van der Waals surface area contributed by atoms with Crippen molar-refractivity contribution in [2.24, 2.45) is 0 Å². The Kier molecular flexibility index (Phi) is 4.63. The van der Waals surface area contributed by atoms with Crippen LogP contribution in [-0.2, 0) is 0 Å². The Morgan fingerprint density at radius 2 is 2.16 bits per heavy atom. The molecule has 1 saturated carbocycles. The van der Waals surface area contributed by atoms with Gasteiger partial charge in [0.1, 0.15) is 0 Å². The number of anilines is 1. The van der Waals surface area contributed by atoms with Gasteiger partial charge in [-0.1, -0.05) is 24.4 Å². The Morgan fingerprint density at radius 3 is 2.74 bits per heavy atom. The van der Waals surface area contributed by atoms with Crippen molar-refractivity contribution in [2.45, 2.75) is 30.4 Å². The van der Waals surface area contributed by atoms with Gasteiger partial charge in [0.15, 0.2) is 0 Å². The highest BCUT2D eigenvalue weighted by Gasteiger charge is 2.33. The predicted octanol–water partition coefficient (Wildman–Crippen LogP) is 3.33. The first kappa shape index (κ1) is 14.5. The van der Waals surface area contributed by atoms with Crippen molar-refractivity contribution in [2.75, 3.05) is 18.5 Å². The van der Waals surface area contributed by atoms with Crippen molar-refractivity contribution in [1.29, 1.82) is 0 Å². The van der Waals surface area contributed by atoms with Gasteiger partial charge in [0.2, 0.25) is 0 Å². The molecule has 1 aromatic rings. The quantitative estimate of drug-likeness (QED) is 0.838. The summed E-state index contributed by atoms with van der Waals surface area (Å²) >= 11 is 7.69. The molecule has 0 saturated heterocycles. The molecule has 0 radical (unpaired) electrons. The highest BCUT2D eigenvalue weighted by molar-refractivity contribution is 8.00. The minimum absolute atomic E-state index is 0.116. The lowest BCUT2D eigenvalue weighted by molar-refractivity contribution is 0.0950. The van der Waals surface area contributed by atoms with E-state index in [9.17, 15) is 4.79 Å². The molecule has 1 fully saturated rings. The van der Waals surface area contributed by atoms with Crippen LogP contribution in [0.1, 0.15) is 36.0 Å². The normalized spacial score (nSPS) is 17.4. The molecule has 0 aromatic heterocycles. The second-order valence-electron chi connectivity index (χ2n) is 5.01. The first-order chi connectivity index (χ1) is 9.06. The van der Waals surface area contributed by atoms with Gasteiger partial charge in [-0.05, 0) is 37.3 Å². The summed E-state index contributed by atoms with van der Waals surface area (Å²) in [7, 11) is 0. The fraction of sp³-hybridized carbons (Fsp3) is 0.500. The van der Waals surface area contributed by atoms with Crippen LogP contribution in [0, 0.1) is 0 Å². The molecule has 1 aliphatic rings. The van der Waals surface area contributed by atoms with E-state index in [0.717, 1.165) is 0 Å². The summed E-state index contributed by atoms with van der Waals surface area (Å²) in [4.78, 5) is 12.1. The molecule has 2 rings (SSSR count). The number of halogens is 1. The zero-order valence-electron chi connectivity index (χ0n) is 11.0. The van der Waals surface area contributed by atoms with Gasteiger partial charge < -0.3 is 11.1 Å². The summed E-state index contributed by atoms with van der Waals surface area (Å²) in [5, 5.41) is 3.56. The molecule has 1 aromatic carbocycles. The second kappa shape index (κ2) is 6.06. The number of nitrogens with one attached hydrogen (secondary N) is 1. The number of carbonyl (C=O) groups excluding carboxylic acids is 1. The van der Waals surface area contributed by atoms with Gasteiger partial charge in [-0.25, -0.2) is 0 Å². The first-order valence-electron chi connectivity index (χ1n) is 6.45. The number of hydrogen-bond donors (Lipinski definition) is 2. The van der Waals surface area contributed by atoms with E-state index in [4.69, 9.17) is 17.3 Å². The van der Waals surface area contributed by atoms with E-state index < -0.39 is 0 Å². The van der Waals surface area contributed by atoms with Crippen molar-refractivity contribution in [3.63, 3.8) is 0 Å². The maximum absolute atomic E-state index is 12.1. The minimum atomic E-state index is -0.116. The van der Waals surface area contributed by atoms with E-state index in [1.54, 1.807) is 18.2 Å². The van der Waals surface area contributed by atoms with Gasteiger partial charge in [0.25, 0.3) is 5.91 Å². The van der Waals surface area contributed by atoms with Gasteiger partial charge in [0, 0.05) is 22.0 Å². The maximum atomic E-state index is 12.1. The predicted molar refractivity (Wildman–Crippen MR) is 82.9 cm³/mol. The summed E-state index contributed by atoms with van der Waals surface area (Å²) in [6.07, 6.45) is 6.96. The van der Waals surface area contributed by atoms with Crippen molar-refractivity contribution in [3.8, 4) is 0 Å². The maximum Gasteiger partial charge on any atom is 0.253 e. The number of hydrogen-bond acceptors (Lipinski definition) is 3. The Labute approximate surface area is 123 Å². The minimum Gasteiger partial charge on any atom is -0.398 e. The summed E-state index contributed by atoms with van der Waals surface area (Å²) in [6, 6.07) is 4.97. The van der Waals surface area contributed by atoms with E-state index in [-0.39, 0.29) is 10.7 Å². The SMILES string of the molecule is CSC1(CNC(=O)c2ccc(Cl)cc2N)CCCC1. The lowest BCUT2D eigenvalue weighted by atomic mass is 10.1. The third-order valence-electron chi connectivity index (χ3n) is 3.78. The van der Waals surface area contributed by atoms with Crippen LogP contribution in [0.2, 0.25) is 5.02 Å². The molecule has 0 spiro atoms. The van der Waals surface area contributed by atoms with Crippen molar-refractivity contribution in [1.82, 2.24) is 5.32 Å². The third-order valence-corrected chi connectivity index (χ3v) is 5.43. The molecular weight excluding hydrogens is 280 g/mol. The molecular formula is C14H19ClN2OS. The van der Waals surface area contributed by atoms with E-state index in [0.29, 0.717) is 22.8 Å². The Bertz CT molecular complexity index is 473. The molecule has 0 atom stereocenters. The van der Waals surface area contributed by atoms with Crippen LogP contribution in [0.5, 0.6) is 0 Å². The number of nitrogen functional groups attached to an aromatic ring is 1. The Morgan fingerprint density at radius 1 is 1.47 bits per heavy atom. The van der Waals surface area contributed by atoms with Crippen LogP contribution in [0.25, 0.3) is 0 Å². The van der Waals surface area contributed by atoms with E-state index in [2.05, 4.69) is 11.6 Å². The number of amides is 1. The standard InChI is InChI=1S/C14H19ClN2OS/c1-19-14(6-2-3-7-14)9-17-13(18)11-5-4-10(15)8-12(11)16/h4-5,8H,2-3,6-7,9,16H2,1H3,(H,17,18). The van der Waals surface area contributed by atoms with Crippen molar-refractivity contribution in [3.05, 3.63) is 28.8 Å². The molecule has 1 aliphatic carbocycles. The van der Waals surface area contributed by atoms with Gasteiger partial charge in [-0.3, -0.25) is 4.79 Å². The fourth-order valence-corrected chi connectivity index (χ4v) is 3.64. The molecule has 104 valence electrons. The number of rotatable bonds is 4. The van der Waals surface area contributed by atoms with Gasteiger partial charge in [0.05, 0.1) is 5.56 Å². The fourth-order valence-electron chi connectivity index (χ4n) is 2.55. The summed E-state index contributed by atoms with van der Waals surface area (Å²) in [5.41, 5.74) is 6.75. The molecule has 3 N–H and O–H groups in total. The highest BCUT2D eigenvalue weighted by Crippen LogP contribution is 2.39. The number of carbonyl (C=O) groups is 1. The number of thioether (sulfide) groups is 1. The van der Waals surface area contributed by atoms with Crippen LogP contribution >= 0.6 is 23.4 Å². The third kappa shape index (κ3) is 3.37. The van der Waals surface area contributed by atoms with Crippen LogP contribution in [0.3, 0.4) is 0 Å². The molecule has 1 amide bonds.